The number of carbonyl (C=O) groups is 1. The minimum Gasteiger partial charge on any atom is -0.425 e. The molecule has 1 aliphatic carbocycles. The molecule has 2 saturated heterocycles. The molecule has 3 fully saturated rings. The van der Waals surface area contributed by atoms with Crippen LogP contribution >= 0.6 is 0 Å². The van der Waals surface area contributed by atoms with E-state index >= 15 is 0 Å². The Balaban J connectivity index is 1.32. The third-order valence-electron chi connectivity index (χ3n) is 6.80. The van der Waals surface area contributed by atoms with Crippen LogP contribution in [0.15, 0.2) is 29.0 Å². The summed E-state index contributed by atoms with van der Waals surface area (Å²) in [5, 5.41) is 3.72. The van der Waals surface area contributed by atoms with Gasteiger partial charge in [0.05, 0.1) is 11.4 Å². The maximum atomic E-state index is 14.2. The van der Waals surface area contributed by atoms with Gasteiger partial charge < -0.3 is 23.6 Å². The SMILES string of the molecule is COC[C@H]1C2CN(c3ccc(F)cc3N3C(=O)O[C@@]4(Oc5nocc54)[C@H]3C)C[C@@H]21. The summed E-state index contributed by atoms with van der Waals surface area (Å²) in [6.45, 7) is 4.32. The molecule has 152 valence electrons. The Labute approximate surface area is 166 Å². The van der Waals surface area contributed by atoms with Crippen LogP contribution in [0.3, 0.4) is 0 Å². The zero-order chi connectivity index (χ0) is 19.9. The van der Waals surface area contributed by atoms with Crippen LogP contribution in [0.1, 0.15) is 12.5 Å². The second-order valence-electron chi connectivity index (χ2n) is 8.20. The van der Waals surface area contributed by atoms with Crippen molar-refractivity contribution in [1.82, 2.24) is 5.16 Å². The number of ether oxygens (including phenoxy) is 3. The van der Waals surface area contributed by atoms with E-state index in [9.17, 15) is 9.18 Å². The van der Waals surface area contributed by atoms with Crippen LogP contribution in [0.4, 0.5) is 20.6 Å². The highest BCUT2D eigenvalue weighted by atomic mass is 19.1. The van der Waals surface area contributed by atoms with Crippen molar-refractivity contribution in [2.75, 3.05) is 36.6 Å². The average molecular weight is 401 g/mol. The zero-order valence-electron chi connectivity index (χ0n) is 16.0. The van der Waals surface area contributed by atoms with Crippen LogP contribution in [-0.4, -0.2) is 44.1 Å². The van der Waals surface area contributed by atoms with Crippen molar-refractivity contribution < 1.29 is 27.9 Å². The molecular weight excluding hydrogens is 381 g/mol. The van der Waals surface area contributed by atoms with Crippen LogP contribution in [0.2, 0.25) is 0 Å². The first-order valence-electron chi connectivity index (χ1n) is 9.73. The van der Waals surface area contributed by atoms with E-state index in [0.717, 1.165) is 25.4 Å². The lowest BCUT2D eigenvalue weighted by Crippen LogP contribution is -2.51. The lowest BCUT2D eigenvalue weighted by atomic mass is 9.97. The molecule has 1 amide bonds. The summed E-state index contributed by atoms with van der Waals surface area (Å²) in [5.41, 5.74) is 1.89. The van der Waals surface area contributed by atoms with E-state index in [2.05, 4.69) is 10.1 Å². The number of hydrogen-bond acceptors (Lipinski definition) is 7. The molecule has 2 aromatic rings. The molecule has 0 radical (unpaired) electrons. The monoisotopic (exact) mass is 401 g/mol. The van der Waals surface area contributed by atoms with Gasteiger partial charge in [0, 0.05) is 26.8 Å². The Bertz CT molecular complexity index is 1000. The predicted molar refractivity (Wildman–Crippen MR) is 98.2 cm³/mol. The van der Waals surface area contributed by atoms with E-state index in [1.165, 1.54) is 23.3 Å². The topological polar surface area (TPSA) is 77.3 Å². The van der Waals surface area contributed by atoms with Gasteiger partial charge in [-0.15, -0.1) is 0 Å². The maximum Gasteiger partial charge on any atom is 0.418 e. The van der Waals surface area contributed by atoms with Gasteiger partial charge in [0.25, 0.3) is 5.88 Å². The van der Waals surface area contributed by atoms with Gasteiger partial charge >= 0.3 is 11.9 Å². The van der Waals surface area contributed by atoms with Crippen molar-refractivity contribution in [2.24, 2.45) is 17.8 Å². The van der Waals surface area contributed by atoms with E-state index in [0.29, 0.717) is 34.9 Å². The Hall–Kier alpha value is -2.81. The maximum absolute atomic E-state index is 14.2. The summed E-state index contributed by atoms with van der Waals surface area (Å²) in [7, 11) is 1.73. The number of hydrogen-bond donors (Lipinski definition) is 0. The van der Waals surface area contributed by atoms with Crippen LogP contribution in [-0.2, 0) is 15.3 Å². The first-order valence-corrected chi connectivity index (χ1v) is 9.73. The molecule has 1 aromatic carbocycles. The normalized spacial score (nSPS) is 34.0. The highest BCUT2D eigenvalue weighted by Gasteiger charge is 2.65. The van der Waals surface area contributed by atoms with Crippen molar-refractivity contribution in [3.63, 3.8) is 0 Å². The summed E-state index contributed by atoms with van der Waals surface area (Å²) in [6.07, 6.45) is 0.834. The number of piperidine rings is 1. The van der Waals surface area contributed by atoms with Gasteiger partial charge in [-0.25, -0.2) is 9.18 Å². The molecule has 0 bridgehead atoms. The number of benzene rings is 1. The molecule has 1 spiro atoms. The van der Waals surface area contributed by atoms with Crippen molar-refractivity contribution >= 4 is 17.5 Å². The smallest absolute Gasteiger partial charge is 0.418 e. The van der Waals surface area contributed by atoms with Crippen LogP contribution in [0, 0.1) is 23.6 Å². The minimum absolute atomic E-state index is 0.315. The molecule has 8 nitrogen and oxygen atoms in total. The molecule has 1 unspecified atom stereocenters. The Morgan fingerprint density at radius 2 is 2.07 bits per heavy atom. The van der Waals surface area contributed by atoms with Crippen molar-refractivity contribution in [2.45, 2.75) is 18.8 Å². The summed E-state index contributed by atoms with van der Waals surface area (Å²) in [4.78, 5) is 16.5. The first kappa shape index (κ1) is 17.1. The molecule has 0 N–H and O–H groups in total. The highest BCUT2D eigenvalue weighted by molar-refractivity contribution is 5.96. The van der Waals surface area contributed by atoms with Crippen molar-refractivity contribution in [1.29, 1.82) is 0 Å². The molecule has 1 saturated carbocycles. The average Bonchev–Trinajstić information content (AvgIpc) is 3.04. The standard InChI is InChI=1S/C20H20FN3O5/c1-10-20(15-9-27-22-18(15)28-20)29-19(25)24(10)17-5-11(21)3-4-16(17)23-6-12-13(7-23)14(12)8-26-2/h3-5,9-10,12-14H,6-8H2,1-2H3/t10-,12+,13?,14-,20+/m1/s1. The van der Waals surface area contributed by atoms with Gasteiger partial charge in [-0.3, -0.25) is 4.90 Å². The Kier molecular flexibility index (Phi) is 3.31. The lowest BCUT2D eigenvalue weighted by molar-refractivity contribution is -0.170. The van der Waals surface area contributed by atoms with Gasteiger partial charge in [0.1, 0.15) is 23.7 Å². The van der Waals surface area contributed by atoms with E-state index in [4.69, 9.17) is 18.7 Å². The number of rotatable bonds is 4. The predicted octanol–water partition coefficient (Wildman–Crippen LogP) is 2.73. The van der Waals surface area contributed by atoms with Gasteiger partial charge in [0.15, 0.2) is 0 Å². The number of methoxy groups -OCH3 is 1. The van der Waals surface area contributed by atoms with Crippen LogP contribution < -0.4 is 14.5 Å². The minimum atomic E-state index is -1.27. The number of aromatic nitrogens is 1. The quantitative estimate of drug-likeness (QED) is 0.780. The Morgan fingerprint density at radius 1 is 1.28 bits per heavy atom. The van der Waals surface area contributed by atoms with E-state index < -0.39 is 23.7 Å². The Morgan fingerprint density at radius 3 is 2.79 bits per heavy atom. The highest BCUT2D eigenvalue weighted by Crippen LogP contribution is 2.55. The number of nitrogens with zero attached hydrogens (tertiary/aromatic N) is 3. The van der Waals surface area contributed by atoms with Crippen molar-refractivity contribution in [3.05, 3.63) is 35.8 Å². The number of carbonyl (C=O) groups excluding carboxylic acids is 1. The number of amides is 1. The number of anilines is 2. The molecular formula is C20H20FN3O5. The molecule has 3 aliphatic heterocycles. The van der Waals surface area contributed by atoms with Gasteiger partial charge in [-0.05, 0) is 48.0 Å². The number of fused-ring (bicyclic) bond motifs is 3. The summed E-state index contributed by atoms with van der Waals surface area (Å²) >= 11 is 0. The van der Waals surface area contributed by atoms with Gasteiger partial charge in [-0.2, -0.15) is 0 Å². The molecule has 4 heterocycles. The van der Waals surface area contributed by atoms with E-state index in [-0.39, 0.29) is 0 Å². The fraction of sp³-hybridized carbons (Fsp3) is 0.500. The van der Waals surface area contributed by atoms with Crippen LogP contribution in [0.5, 0.6) is 5.88 Å². The van der Waals surface area contributed by atoms with Crippen LogP contribution in [0.25, 0.3) is 0 Å². The summed E-state index contributed by atoms with van der Waals surface area (Å²) < 4.78 is 35.7. The molecule has 4 aliphatic rings. The zero-order valence-corrected chi connectivity index (χ0v) is 16.0. The fourth-order valence-corrected chi connectivity index (χ4v) is 5.21. The number of halogens is 1. The lowest BCUT2D eigenvalue weighted by Gasteiger charge is -2.37. The second kappa shape index (κ2) is 5.63. The van der Waals surface area contributed by atoms with E-state index in [1.54, 1.807) is 13.2 Å². The molecule has 29 heavy (non-hydrogen) atoms. The first-order chi connectivity index (χ1) is 14.0. The van der Waals surface area contributed by atoms with Gasteiger partial charge in [-0.1, -0.05) is 0 Å². The fourth-order valence-electron chi connectivity index (χ4n) is 5.21. The second-order valence-corrected chi connectivity index (χ2v) is 8.20. The summed E-state index contributed by atoms with van der Waals surface area (Å²) in [6, 6.07) is 4.03. The third kappa shape index (κ3) is 2.16. The largest absolute Gasteiger partial charge is 0.425 e. The van der Waals surface area contributed by atoms with E-state index in [1.807, 2.05) is 6.92 Å². The summed E-state index contributed by atoms with van der Waals surface area (Å²) in [5.74, 6) is 0.385. The third-order valence-corrected chi connectivity index (χ3v) is 6.80. The van der Waals surface area contributed by atoms with Crippen molar-refractivity contribution in [3.8, 4) is 5.88 Å². The van der Waals surface area contributed by atoms with Gasteiger partial charge in [0.2, 0.25) is 0 Å². The molecule has 5 atom stereocenters. The molecule has 6 rings (SSSR count). The molecule has 1 aromatic heterocycles. The molecule has 9 heteroatoms.